The van der Waals surface area contributed by atoms with Crippen molar-refractivity contribution in [1.29, 1.82) is 0 Å². The molecule has 0 aliphatic carbocycles. The molecule has 140 valence electrons. The average molecular weight is 350 g/mol. The number of nitrogens with zero attached hydrogens (tertiary/aromatic N) is 3. The van der Waals surface area contributed by atoms with Crippen molar-refractivity contribution in [3.8, 4) is 5.88 Å². The Morgan fingerprint density at radius 2 is 2.12 bits per heavy atom. The lowest BCUT2D eigenvalue weighted by Crippen LogP contribution is -2.47. The Morgan fingerprint density at radius 1 is 1.40 bits per heavy atom. The zero-order valence-electron chi connectivity index (χ0n) is 16.1. The maximum Gasteiger partial charge on any atom is 0.410 e. The predicted octanol–water partition coefficient (Wildman–Crippen LogP) is 2.97. The molecule has 1 fully saturated rings. The van der Waals surface area contributed by atoms with Crippen molar-refractivity contribution in [3.63, 3.8) is 0 Å². The van der Waals surface area contributed by atoms with Crippen molar-refractivity contribution in [2.45, 2.75) is 45.3 Å². The third-order valence-electron chi connectivity index (χ3n) is 3.99. The van der Waals surface area contributed by atoms with Crippen LogP contribution >= 0.6 is 0 Å². The quantitative estimate of drug-likeness (QED) is 0.900. The molecule has 0 radical (unpaired) electrons. The number of aromatic nitrogens is 1. The Morgan fingerprint density at radius 3 is 2.72 bits per heavy atom. The Bertz CT molecular complexity index is 598. The lowest BCUT2D eigenvalue weighted by molar-refractivity contribution is 0.0206. The standard InChI is InChI=1S/C18H30N4O3/c1-18(2,3)25-17(23)22-11-7-8-13(12-22)20-15-14(21(4)5)9-10-19-16(15)24-6/h9-10,13,20H,7-8,11-12H2,1-6H3. The zero-order valence-corrected chi connectivity index (χ0v) is 16.1. The van der Waals surface area contributed by atoms with Crippen LogP contribution in [0.15, 0.2) is 12.3 Å². The van der Waals surface area contributed by atoms with Crippen molar-refractivity contribution in [3.05, 3.63) is 12.3 Å². The van der Waals surface area contributed by atoms with Crippen LogP contribution in [0.5, 0.6) is 5.88 Å². The molecule has 25 heavy (non-hydrogen) atoms. The minimum absolute atomic E-state index is 0.123. The van der Waals surface area contributed by atoms with Gasteiger partial charge in [-0.05, 0) is 39.7 Å². The summed E-state index contributed by atoms with van der Waals surface area (Å²) in [5.41, 5.74) is 1.37. The van der Waals surface area contributed by atoms with Gasteiger partial charge in [-0.25, -0.2) is 9.78 Å². The highest BCUT2D eigenvalue weighted by Gasteiger charge is 2.28. The molecule has 1 aromatic heterocycles. The minimum atomic E-state index is -0.484. The summed E-state index contributed by atoms with van der Waals surface area (Å²) in [4.78, 5) is 20.4. The first-order valence-electron chi connectivity index (χ1n) is 8.66. The summed E-state index contributed by atoms with van der Waals surface area (Å²) >= 11 is 0. The van der Waals surface area contributed by atoms with Gasteiger partial charge in [0.05, 0.1) is 12.8 Å². The number of nitrogens with one attached hydrogen (secondary N) is 1. The zero-order chi connectivity index (χ0) is 18.6. The summed E-state index contributed by atoms with van der Waals surface area (Å²) in [5, 5.41) is 3.52. The van der Waals surface area contributed by atoms with Crippen LogP contribution in [-0.4, -0.2) is 61.9 Å². The Balaban J connectivity index is 2.12. The number of anilines is 2. The molecule has 0 spiro atoms. The van der Waals surface area contributed by atoms with E-state index >= 15 is 0 Å². The summed E-state index contributed by atoms with van der Waals surface area (Å²) in [7, 11) is 5.57. The Hall–Kier alpha value is -2.18. The van der Waals surface area contributed by atoms with Gasteiger partial charge in [0.15, 0.2) is 0 Å². The van der Waals surface area contributed by atoms with Gasteiger partial charge in [-0.15, -0.1) is 0 Å². The predicted molar refractivity (Wildman–Crippen MR) is 99.6 cm³/mol. The molecule has 1 unspecified atom stereocenters. The van der Waals surface area contributed by atoms with E-state index < -0.39 is 5.60 Å². The summed E-state index contributed by atoms with van der Waals surface area (Å²) in [6.07, 6.45) is 3.37. The maximum absolute atomic E-state index is 12.3. The van der Waals surface area contributed by atoms with Crippen LogP contribution in [0, 0.1) is 0 Å². The Labute approximate surface area is 150 Å². The van der Waals surface area contributed by atoms with Gasteiger partial charge in [-0.1, -0.05) is 0 Å². The maximum atomic E-state index is 12.3. The molecule has 1 aliphatic rings. The molecule has 7 heteroatoms. The molecule has 1 amide bonds. The highest BCUT2D eigenvalue weighted by Crippen LogP contribution is 2.33. The van der Waals surface area contributed by atoms with E-state index in [4.69, 9.17) is 9.47 Å². The lowest BCUT2D eigenvalue weighted by atomic mass is 10.1. The third-order valence-corrected chi connectivity index (χ3v) is 3.99. The number of rotatable bonds is 4. The summed E-state index contributed by atoms with van der Waals surface area (Å²) < 4.78 is 10.9. The van der Waals surface area contributed by atoms with Gasteiger partial charge in [0, 0.05) is 39.4 Å². The molecule has 2 heterocycles. The minimum Gasteiger partial charge on any atom is -0.479 e. The molecule has 0 aromatic carbocycles. The number of methoxy groups -OCH3 is 1. The molecule has 1 saturated heterocycles. The van der Waals surface area contributed by atoms with Crippen LogP contribution in [-0.2, 0) is 4.74 Å². The number of amides is 1. The van der Waals surface area contributed by atoms with E-state index in [0.29, 0.717) is 12.4 Å². The van der Waals surface area contributed by atoms with Gasteiger partial charge < -0.3 is 24.6 Å². The van der Waals surface area contributed by atoms with Gasteiger partial charge in [0.25, 0.3) is 0 Å². The molecule has 1 N–H and O–H groups in total. The van der Waals surface area contributed by atoms with Gasteiger partial charge in [0.2, 0.25) is 5.88 Å². The number of pyridine rings is 1. The van der Waals surface area contributed by atoms with E-state index in [1.54, 1.807) is 18.2 Å². The molecule has 7 nitrogen and oxygen atoms in total. The van der Waals surface area contributed by atoms with Crippen LogP contribution in [0.1, 0.15) is 33.6 Å². The van der Waals surface area contributed by atoms with Gasteiger partial charge in [-0.2, -0.15) is 0 Å². The molecule has 1 aliphatic heterocycles. The number of carbonyl (C=O) groups is 1. The van der Waals surface area contributed by atoms with E-state index in [0.717, 1.165) is 30.8 Å². The van der Waals surface area contributed by atoms with E-state index in [1.807, 2.05) is 45.8 Å². The molecular formula is C18H30N4O3. The van der Waals surface area contributed by atoms with Crippen molar-refractivity contribution in [2.24, 2.45) is 0 Å². The van der Waals surface area contributed by atoms with E-state index in [1.165, 1.54) is 0 Å². The van der Waals surface area contributed by atoms with Crippen molar-refractivity contribution >= 4 is 17.5 Å². The first-order valence-corrected chi connectivity index (χ1v) is 8.66. The fraction of sp³-hybridized carbons (Fsp3) is 0.667. The van der Waals surface area contributed by atoms with Crippen LogP contribution in [0.2, 0.25) is 0 Å². The lowest BCUT2D eigenvalue weighted by Gasteiger charge is -2.35. The second-order valence-corrected chi connectivity index (χ2v) is 7.52. The molecule has 0 bridgehead atoms. The number of hydrogen-bond acceptors (Lipinski definition) is 6. The molecule has 1 aromatic rings. The van der Waals surface area contributed by atoms with Crippen molar-refractivity contribution in [1.82, 2.24) is 9.88 Å². The monoisotopic (exact) mass is 350 g/mol. The van der Waals surface area contributed by atoms with E-state index in [2.05, 4.69) is 10.3 Å². The molecule has 1 atom stereocenters. The molecule has 0 saturated carbocycles. The SMILES string of the molecule is COc1nccc(N(C)C)c1NC1CCCN(C(=O)OC(C)(C)C)C1. The van der Waals surface area contributed by atoms with Crippen molar-refractivity contribution < 1.29 is 14.3 Å². The fourth-order valence-corrected chi connectivity index (χ4v) is 2.89. The largest absolute Gasteiger partial charge is 0.479 e. The molecule has 2 rings (SSSR count). The van der Waals surface area contributed by atoms with Gasteiger partial charge in [-0.3, -0.25) is 0 Å². The van der Waals surface area contributed by atoms with Crippen LogP contribution in [0.4, 0.5) is 16.2 Å². The summed E-state index contributed by atoms with van der Waals surface area (Å²) in [6.45, 7) is 6.97. The number of hydrogen-bond donors (Lipinski definition) is 1. The Kier molecular flexibility index (Phi) is 5.98. The first-order chi connectivity index (χ1) is 11.7. The summed E-state index contributed by atoms with van der Waals surface area (Å²) in [6, 6.07) is 2.07. The van der Waals surface area contributed by atoms with Crippen LogP contribution < -0.4 is 15.0 Å². The summed E-state index contributed by atoms with van der Waals surface area (Å²) in [5.74, 6) is 0.556. The average Bonchev–Trinajstić information content (AvgIpc) is 2.53. The van der Waals surface area contributed by atoms with Crippen molar-refractivity contribution in [2.75, 3.05) is 44.5 Å². The topological polar surface area (TPSA) is 66.9 Å². The fourth-order valence-electron chi connectivity index (χ4n) is 2.89. The highest BCUT2D eigenvalue weighted by molar-refractivity contribution is 5.74. The third kappa shape index (κ3) is 5.14. The number of likely N-dealkylation sites (tertiary alicyclic amines) is 1. The van der Waals surface area contributed by atoms with Crippen LogP contribution in [0.3, 0.4) is 0 Å². The number of carbonyl (C=O) groups excluding carboxylic acids is 1. The second kappa shape index (κ2) is 7.80. The number of piperidine rings is 1. The van der Waals surface area contributed by atoms with Gasteiger partial charge in [0.1, 0.15) is 11.3 Å². The first kappa shape index (κ1) is 19.1. The normalized spacial score (nSPS) is 17.8. The molecular weight excluding hydrogens is 320 g/mol. The highest BCUT2D eigenvalue weighted by atomic mass is 16.6. The van der Waals surface area contributed by atoms with E-state index in [-0.39, 0.29) is 12.1 Å². The number of ether oxygens (including phenoxy) is 2. The smallest absolute Gasteiger partial charge is 0.410 e. The van der Waals surface area contributed by atoms with E-state index in [9.17, 15) is 4.79 Å². The van der Waals surface area contributed by atoms with Crippen LogP contribution in [0.25, 0.3) is 0 Å². The second-order valence-electron chi connectivity index (χ2n) is 7.52. The van der Waals surface area contributed by atoms with Gasteiger partial charge >= 0.3 is 6.09 Å².